The van der Waals surface area contributed by atoms with Gasteiger partial charge in [0.25, 0.3) is 0 Å². The van der Waals surface area contributed by atoms with Gasteiger partial charge >= 0.3 is 0 Å². The van der Waals surface area contributed by atoms with Crippen molar-refractivity contribution in [2.24, 2.45) is 4.99 Å². The molecule has 0 bridgehead atoms. The molecule has 0 radical (unpaired) electrons. The number of hydrogen-bond acceptors (Lipinski definition) is 5. The Bertz CT molecular complexity index is 702. The van der Waals surface area contributed by atoms with Gasteiger partial charge in [0.1, 0.15) is 0 Å². The minimum atomic E-state index is 0.281. The number of nitrogens with zero attached hydrogens (tertiary/aromatic N) is 2. The number of hydrogen-bond donors (Lipinski definition) is 2. The van der Waals surface area contributed by atoms with Crippen LogP contribution in [0.15, 0.2) is 40.7 Å². The van der Waals surface area contributed by atoms with E-state index in [4.69, 9.17) is 9.47 Å². The Morgan fingerprint density at radius 3 is 2.65 bits per heavy atom. The van der Waals surface area contributed by atoms with Crippen LogP contribution in [-0.4, -0.2) is 52.3 Å². The van der Waals surface area contributed by atoms with E-state index < -0.39 is 0 Å². The highest BCUT2D eigenvalue weighted by molar-refractivity contribution is 7.10. The highest BCUT2D eigenvalue weighted by Gasteiger charge is 2.16. The largest absolute Gasteiger partial charge is 0.493 e. The third kappa shape index (κ3) is 5.37. The summed E-state index contributed by atoms with van der Waals surface area (Å²) in [6.45, 7) is 3.28. The first kappa shape index (κ1) is 20.1. The zero-order chi connectivity index (χ0) is 18.9. The maximum absolute atomic E-state index is 5.63. The molecule has 0 saturated heterocycles. The van der Waals surface area contributed by atoms with Crippen LogP contribution in [0.2, 0.25) is 0 Å². The second-order valence-corrected chi connectivity index (χ2v) is 6.85. The molecule has 0 amide bonds. The normalized spacial score (nSPS) is 12.8. The molecule has 1 atom stereocenters. The van der Waals surface area contributed by atoms with E-state index in [2.05, 4.69) is 52.1 Å². The van der Waals surface area contributed by atoms with Crippen LogP contribution in [0.1, 0.15) is 17.8 Å². The quantitative estimate of drug-likeness (QED) is 0.546. The van der Waals surface area contributed by atoms with Crippen molar-refractivity contribution in [2.75, 3.05) is 46.7 Å². The van der Waals surface area contributed by atoms with Crippen molar-refractivity contribution in [1.82, 2.24) is 10.2 Å². The van der Waals surface area contributed by atoms with Crippen molar-refractivity contribution in [3.05, 3.63) is 40.6 Å². The van der Waals surface area contributed by atoms with E-state index in [1.807, 2.05) is 25.1 Å². The van der Waals surface area contributed by atoms with Crippen molar-refractivity contribution in [3.8, 4) is 11.5 Å². The zero-order valence-corrected chi connectivity index (χ0v) is 16.9. The Morgan fingerprint density at radius 2 is 2.08 bits per heavy atom. The lowest BCUT2D eigenvalue weighted by molar-refractivity contribution is 0.303. The van der Waals surface area contributed by atoms with E-state index in [-0.39, 0.29) is 6.04 Å². The summed E-state index contributed by atoms with van der Waals surface area (Å²) in [5.74, 6) is 2.13. The van der Waals surface area contributed by atoms with Crippen molar-refractivity contribution in [2.45, 2.75) is 13.0 Å². The van der Waals surface area contributed by atoms with E-state index in [1.54, 1.807) is 25.5 Å². The molecule has 0 saturated carbocycles. The Kier molecular flexibility index (Phi) is 7.74. The molecule has 142 valence electrons. The van der Waals surface area contributed by atoms with Gasteiger partial charge in [-0.25, -0.2) is 0 Å². The standard InChI is InChI=1S/C19H28N4O2S/c1-6-25-17-12-14(9-10-16(17)24-5)22-19(20-2)21-13-15(23(3)4)18-8-7-11-26-18/h7-12,15H,6,13H2,1-5H3,(H2,20,21,22). The van der Waals surface area contributed by atoms with Crippen molar-refractivity contribution >= 4 is 23.0 Å². The number of guanidine groups is 1. The fourth-order valence-corrected chi connectivity index (χ4v) is 3.47. The average molecular weight is 377 g/mol. The fraction of sp³-hybridized carbons (Fsp3) is 0.421. The van der Waals surface area contributed by atoms with Gasteiger partial charge in [0.2, 0.25) is 0 Å². The maximum atomic E-state index is 5.63. The molecule has 0 fully saturated rings. The minimum Gasteiger partial charge on any atom is -0.493 e. The van der Waals surface area contributed by atoms with Crippen LogP contribution in [-0.2, 0) is 0 Å². The zero-order valence-electron chi connectivity index (χ0n) is 16.1. The summed E-state index contributed by atoms with van der Waals surface area (Å²) in [5, 5.41) is 8.81. The molecule has 1 aromatic carbocycles. The van der Waals surface area contributed by atoms with E-state index in [9.17, 15) is 0 Å². The Balaban J connectivity index is 2.04. The predicted molar refractivity (Wildman–Crippen MR) is 110 cm³/mol. The van der Waals surface area contributed by atoms with E-state index in [0.717, 1.165) is 12.2 Å². The lowest BCUT2D eigenvalue weighted by Crippen LogP contribution is -2.37. The molecule has 1 aromatic heterocycles. The monoisotopic (exact) mass is 376 g/mol. The Labute approximate surface area is 159 Å². The minimum absolute atomic E-state index is 0.281. The second kappa shape index (κ2) is 10.0. The molecule has 1 heterocycles. The number of methoxy groups -OCH3 is 1. The summed E-state index contributed by atoms with van der Waals surface area (Å²) in [5.41, 5.74) is 0.889. The molecule has 2 rings (SSSR count). The maximum Gasteiger partial charge on any atom is 0.195 e. The number of likely N-dealkylation sites (N-methyl/N-ethyl adjacent to an activating group) is 1. The van der Waals surface area contributed by atoms with Crippen LogP contribution in [0, 0.1) is 0 Å². The molecule has 26 heavy (non-hydrogen) atoms. The molecule has 0 aliphatic rings. The van der Waals surface area contributed by atoms with Gasteiger partial charge in [0.15, 0.2) is 17.5 Å². The van der Waals surface area contributed by atoms with Crippen LogP contribution >= 0.6 is 11.3 Å². The highest BCUT2D eigenvalue weighted by atomic mass is 32.1. The molecule has 7 heteroatoms. The third-order valence-electron chi connectivity index (χ3n) is 3.91. The van der Waals surface area contributed by atoms with Crippen LogP contribution in [0.5, 0.6) is 11.5 Å². The van der Waals surface area contributed by atoms with Gasteiger partial charge in [0, 0.05) is 30.2 Å². The summed E-state index contributed by atoms with van der Waals surface area (Å²) in [6, 6.07) is 10.3. The van der Waals surface area contributed by atoms with Gasteiger partial charge in [0.05, 0.1) is 19.8 Å². The SMILES string of the molecule is CCOc1cc(NC(=NC)NCC(c2cccs2)N(C)C)ccc1OC. The summed E-state index contributed by atoms with van der Waals surface area (Å²) >= 11 is 1.76. The van der Waals surface area contributed by atoms with E-state index in [0.29, 0.717) is 24.1 Å². The molecule has 1 unspecified atom stereocenters. The van der Waals surface area contributed by atoms with Crippen molar-refractivity contribution < 1.29 is 9.47 Å². The predicted octanol–water partition coefficient (Wildman–Crippen LogP) is 3.45. The molecule has 2 N–H and O–H groups in total. The highest BCUT2D eigenvalue weighted by Crippen LogP contribution is 2.30. The van der Waals surface area contributed by atoms with Crippen molar-refractivity contribution in [1.29, 1.82) is 0 Å². The number of anilines is 1. The molecule has 0 aliphatic heterocycles. The molecular weight excluding hydrogens is 348 g/mol. The lowest BCUT2D eigenvalue weighted by atomic mass is 10.2. The summed E-state index contributed by atoms with van der Waals surface area (Å²) in [4.78, 5) is 7.84. The average Bonchev–Trinajstić information content (AvgIpc) is 3.15. The Morgan fingerprint density at radius 1 is 1.27 bits per heavy atom. The van der Waals surface area contributed by atoms with E-state index in [1.165, 1.54) is 4.88 Å². The lowest BCUT2D eigenvalue weighted by Gasteiger charge is -2.24. The number of nitrogens with one attached hydrogen (secondary N) is 2. The van der Waals surface area contributed by atoms with Gasteiger partial charge < -0.3 is 25.0 Å². The molecule has 0 spiro atoms. The molecule has 0 aliphatic carbocycles. The summed E-state index contributed by atoms with van der Waals surface area (Å²) in [7, 11) is 7.57. The van der Waals surface area contributed by atoms with Crippen LogP contribution in [0.25, 0.3) is 0 Å². The van der Waals surface area contributed by atoms with Gasteiger partial charge in [-0.3, -0.25) is 4.99 Å². The number of ether oxygens (including phenoxy) is 2. The molecule has 2 aromatic rings. The first-order valence-corrected chi connectivity index (χ1v) is 9.45. The first-order valence-electron chi connectivity index (χ1n) is 8.57. The number of rotatable bonds is 8. The van der Waals surface area contributed by atoms with Crippen molar-refractivity contribution in [3.63, 3.8) is 0 Å². The van der Waals surface area contributed by atoms with Gasteiger partial charge in [-0.05, 0) is 44.6 Å². The number of benzene rings is 1. The smallest absolute Gasteiger partial charge is 0.195 e. The first-order chi connectivity index (χ1) is 12.6. The van der Waals surface area contributed by atoms with Crippen LogP contribution in [0.3, 0.4) is 0 Å². The Hall–Kier alpha value is -2.25. The van der Waals surface area contributed by atoms with E-state index >= 15 is 0 Å². The summed E-state index contributed by atoms with van der Waals surface area (Å²) < 4.78 is 11.0. The van der Waals surface area contributed by atoms with Gasteiger partial charge in [-0.1, -0.05) is 6.07 Å². The summed E-state index contributed by atoms with van der Waals surface area (Å²) in [6.07, 6.45) is 0. The topological polar surface area (TPSA) is 58.1 Å². The van der Waals surface area contributed by atoms with Gasteiger partial charge in [-0.15, -0.1) is 11.3 Å². The molecular formula is C19H28N4O2S. The fourth-order valence-electron chi connectivity index (χ4n) is 2.55. The van der Waals surface area contributed by atoms with Crippen LogP contribution < -0.4 is 20.1 Å². The van der Waals surface area contributed by atoms with Crippen LogP contribution in [0.4, 0.5) is 5.69 Å². The third-order valence-corrected chi connectivity index (χ3v) is 4.88. The second-order valence-electron chi connectivity index (χ2n) is 5.87. The molecule has 6 nitrogen and oxygen atoms in total. The number of aliphatic imine (C=N–C) groups is 1. The van der Waals surface area contributed by atoms with Gasteiger partial charge in [-0.2, -0.15) is 0 Å². The number of thiophene rings is 1.